The number of carbonyl (C=O) groups excluding carboxylic acids is 1. The molecule has 1 fully saturated rings. The molecule has 1 N–H and O–H groups in total. The highest BCUT2D eigenvalue weighted by Crippen LogP contribution is 2.29. The van der Waals surface area contributed by atoms with Crippen LogP contribution < -0.4 is 10.1 Å². The molecule has 1 aromatic carbocycles. The van der Waals surface area contributed by atoms with Gasteiger partial charge in [0, 0.05) is 6.07 Å². The Morgan fingerprint density at radius 3 is 2.67 bits per heavy atom. The van der Waals surface area contributed by atoms with E-state index in [0.717, 1.165) is 30.0 Å². The topological polar surface area (TPSA) is 56.1 Å². The molecule has 128 valence electrons. The molecule has 1 saturated carbocycles. The van der Waals surface area contributed by atoms with Crippen LogP contribution in [0.1, 0.15) is 50.6 Å². The molecule has 24 heavy (non-hydrogen) atoms. The summed E-state index contributed by atoms with van der Waals surface area (Å²) in [5.41, 5.74) is 0.972. The molecular weight excluding hydrogens is 302 g/mol. The number of benzene rings is 1. The van der Waals surface area contributed by atoms with Gasteiger partial charge in [-0.2, -0.15) is 5.10 Å². The van der Waals surface area contributed by atoms with Gasteiger partial charge in [-0.25, -0.2) is 4.68 Å². The molecule has 0 atom stereocenters. The molecule has 0 saturated heterocycles. The number of carbonyl (C=O) groups is 1. The van der Waals surface area contributed by atoms with Gasteiger partial charge in [0.05, 0.1) is 25.3 Å². The van der Waals surface area contributed by atoms with Crippen LogP contribution in [0.4, 0.5) is 5.82 Å². The van der Waals surface area contributed by atoms with Gasteiger partial charge in [-0.15, -0.1) is 0 Å². The average molecular weight is 327 g/mol. The van der Waals surface area contributed by atoms with Gasteiger partial charge in [0.1, 0.15) is 11.6 Å². The summed E-state index contributed by atoms with van der Waals surface area (Å²) in [6, 6.07) is 9.96. The number of nitrogens with zero attached hydrogens (tertiary/aromatic N) is 2. The van der Waals surface area contributed by atoms with Crippen LogP contribution in [0.3, 0.4) is 0 Å². The van der Waals surface area contributed by atoms with Gasteiger partial charge in [0.25, 0.3) is 0 Å². The smallest absolute Gasteiger partial charge is 0.229 e. The third kappa shape index (κ3) is 4.16. The number of anilines is 1. The van der Waals surface area contributed by atoms with Crippen LogP contribution in [-0.4, -0.2) is 22.3 Å². The van der Waals surface area contributed by atoms with Crippen LogP contribution >= 0.6 is 0 Å². The molecule has 1 aromatic heterocycles. The maximum atomic E-state index is 12.3. The van der Waals surface area contributed by atoms with E-state index in [1.807, 2.05) is 41.9 Å². The second-order valence-corrected chi connectivity index (χ2v) is 6.25. The van der Waals surface area contributed by atoms with Crippen molar-refractivity contribution in [3.63, 3.8) is 0 Å². The predicted octanol–water partition coefficient (Wildman–Crippen LogP) is 3.97. The molecule has 1 aliphatic rings. The fraction of sp³-hybridized carbons (Fsp3) is 0.474. The maximum absolute atomic E-state index is 12.3. The molecule has 5 nitrogen and oxygen atoms in total. The monoisotopic (exact) mass is 327 g/mol. The summed E-state index contributed by atoms with van der Waals surface area (Å²) in [5, 5.41) is 7.42. The molecule has 2 aromatic rings. The van der Waals surface area contributed by atoms with E-state index >= 15 is 0 Å². The Bertz CT molecular complexity index is 658. The van der Waals surface area contributed by atoms with Crippen LogP contribution in [0.25, 0.3) is 0 Å². The quantitative estimate of drug-likeness (QED) is 0.873. The van der Waals surface area contributed by atoms with Crippen LogP contribution in [0.15, 0.2) is 36.5 Å². The first kappa shape index (κ1) is 16.6. The minimum Gasteiger partial charge on any atom is -0.494 e. The fourth-order valence-corrected chi connectivity index (χ4v) is 3.27. The lowest BCUT2D eigenvalue weighted by atomic mass is 9.96. The highest BCUT2D eigenvalue weighted by molar-refractivity contribution is 5.91. The van der Waals surface area contributed by atoms with Crippen molar-refractivity contribution in [3.05, 3.63) is 42.1 Å². The number of hydrogen-bond acceptors (Lipinski definition) is 3. The van der Waals surface area contributed by atoms with Crippen molar-refractivity contribution >= 4 is 11.7 Å². The molecule has 3 rings (SSSR count). The Morgan fingerprint density at radius 2 is 1.96 bits per heavy atom. The van der Waals surface area contributed by atoms with Crippen LogP contribution in [0.5, 0.6) is 5.75 Å². The van der Waals surface area contributed by atoms with E-state index in [0.29, 0.717) is 19.1 Å². The van der Waals surface area contributed by atoms with Gasteiger partial charge >= 0.3 is 0 Å². The van der Waals surface area contributed by atoms with Crippen molar-refractivity contribution in [2.24, 2.45) is 0 Å². The highest BCUT2D eigenvalue weighted by Gasteiger charge is 2.19. The first-order valence-corrected chi connectivity index (χ1v) is 8.81. The number of amides is 1. The largest absolute Gasteiger partial charge is 0.494 e. The molecular formula is C19H25N3O2. The van der Waals surface area contributed by atoms with Gasteiger partial charge in [-0.3, -0.25) is 4.79 Å². The molecule has 0 unspecified atom stereocenters. The number of aromatic nitrogens is 2. The van der Waals surface area contributed by atoms with Crippen LogP contribution in [0, 0.1) is 0 Å². The maximum Gasteiger partial charge on any atom is 0.229 e. The summed E-state index contributed by atoms with van der Waals surface area (Å²) in [5.74, 6) is 1.62. The lowest BCUT2D eigenvalue weighted by Gasteiger charge is -2.23. The molecule has 1 aliphatic carbocycles. The van der Waals surface area contributed by atoms with Crippen molar-refractivity contribution in [2.45, 2.75) is 51.5 Å². The molecule has 1 heterocycles. The van der Waals surface area contributed by atoms with Crippen molar-refractivity contribution in [1.29, 1.82) is 0 Å². The molecule has 0 spiro atoms. The summed E-state index contributed by atoms with van der Waals surface area (Å²) >= 11 is 0. The average Bonchev–Trinajstić information content (AvgIpc) is 3.05. The molecule has 0 bridgehead atoms. The standard InChI is InChI=1S/C19H25N3O2/c1-2-24-17-10-8-15(9-11-17)14-19(23)21-18-12-13-20-22(18)16-6-4-3-5-7-16/h8-13,16H,2-7,14H2,1H3,(H,21,23). The summed E-state index contributed by atoms with van der Waals surface area (Å²) in [6.07, 6.45) is 8.18. The molecule has 1 amide bonds. The molecule has 0 aliphatic heterocycles. The molecule has 0 radical (unpaired) electrons. The van der Waals surface area contributed by atoms with Gasteiger partial charge < -0.3 is 10.1 Å². The summed E-state index contributed by atoms with van der Waals surface area (Å²) < 4.78 is 7.40. The highest BCUT2D eigenvalue weighted by atomic mass is 16.5. The van der Waals surface area contributed by atoms with E-state index in [2.05, 4.69) is 10.4 Å². The normalized spacial score (nSPS) is 15.2. The zero-order valence-corrected chi connectivity index (χ0v) is 14.2. The summed E-state index contributed by atoms with van der Waals surface area (Å²) in [4.78, 5) is 12.3. The Hall–Kier alpha value is -2.30. The minimum absolute atomic E-state index is 0.0169. The lowest BCUT2D eigenvalue weighted by molar-refractivity contribution is -0.115. The van der Waals surface area contributed by atoms with E-state index in [9.17, 15) is 4.79 Å². The first-order chi connectivity index (χ1) is 11.8. The van der Waals surface area contributed by atoms with Crippen molar-refractivity contribution in [3.8, 4) is 5.75 Å². The third-order valence-electron chi connectivity index (χ3n) is 4.46. The number of hydrogen-bond donors (Lipinski definition) is 1. The van der Waals surface area contributed by atoms with Crippen LogP contribution in [0.2, 0.25) is 0 Å². The van der Waals surface area contributed by atoms with Gasteiger partial charge in [-0.1, -0.05) is 31.4 Å². The lowest BCUT2D eigenvalue weighted by Crippen LogP contribution is -2.21. The van der Waals surface area contributed by atoms with E-state index in [1.165, 1.54) is 19.3 Å². The predicted molar refractivity (Wildman–Crippen MR) is 94.3 cm³/mol. The Kier molecular flexibility index (Phi) is 5.51. The van der Waals surface area contributed by atoms with Crippen molar-refractivity contribution in [2.75, 3.05) is 11.9 Å². The zero-order chi connectivity index (χ0) is 16.8. The van der Waals surface area contributed by atoms with E-state index in [4.69, 9.17) is 4.74 Å². The number of rotatable bonds is 6. The van der Waals surface area contributed by atoms with E-state index < -0.39 is 0 Å². The van der Waals surface area contributed by atoms with E-state index in [1.54, 1.807) is 6.20 Å². The van der Waals surface area contributed by atoms with Crippen LogP contribution in [-0.2, 0) is 11.2 Å². The Morgan fingerprint density at radius 1 is 1.21 bits per heavy atom. The second-order valence-electron chi connectivity index (χ2n) is 6.25. The van der Waals surface area contributed by atoms with Crippen molar-refractivity contribution < 1.29 is 9.53 Å². The SMILES string of the molecule is CCOc1ccc(CC(=O)Nc2ccnn2C2CCCCC2)cc1. The second kappa shape index (κ2) is 7.99. The third-order valence-corrected chi connectivity index (χ3v) is 4.46. The van der Waals surface area contributed by atoms with Gasteiger partial charge in [0.2, 0.25) is 5.91 Å². The number of ether oxygens (including phenoxy) is 1. The van der Waals surface area contributed by atoms with Crippen molar-refractivity contribution in [1.82, 2.24) is 9.78 Å². The van der Waals surface area contributed by atoms with Gasteiger partial charge in [0.15, 0.2) is 0 Å². The molecule has 5 heteroatoms. The Balaban J connectivity index is 1.60. The Labute approximate surface area is 143 Å². The number of nitrogens with one attached hydrogen (secondary N) is 1. The minimum atomic E-state index is -0.0169. The zero-order valence-electron chi connectivity index (χ0n) is 14.2. The fourth-order valence-electron chi connectivity index (χ4n) is 3.27. The van der Waals surface area contributed by atoms with Gasteiger partial charge in [-0.05, 0) is 37.5 Å². The van der Waals surface area contributed by atoms with E-state index in [-0.39, 0.29) is 5.91 Å². The summed E-state index contributed by atoms with van der Waals surface area (Å²) in [7, 11) is 0. The first-order valence-electron chi connectivity index (χ1n) is 8.81. The summed E-state index contributed by atoms with van der Waals surface area (Å²) in [6.45, 7) is 2.60.